The first-order valence-corrected chi connectivity index (χ1v) is 12.0. The SMILES string of the molecule is Oc1ccc(CNc2ncc3cc(-c4c(Cl)cccc4Cl)n(CC4CCCNC4)c3n2)cc1F. The van der Waals surface area contributed by atoms with E-state index in [0.29, 0.717) is 34.0 Å². The maximum Gasteiger partial charge on any atom is 0.224 e. The number of aromatic hydroxyl groups is 1. The van der Waals surface area contributed by atoms with Crippen LogP contribution in [-0.2, 0) is 13.1 Å². The number of rotatable bonds is 6. The smallest absolute Gasteiger partial charge is 0.224 e. The number of fused-ring (bicyclic) bond motifs is 1. The highest BCUT2D eigenvalue weighted by Crippen LogP contribution is 2.38. The molecule has 1 unspecified atom stereocenters. The van der Waals surface area contributed by atoms with Crippen LogP contribution >= 0.6 is 23.2 Å². The van der Waals surface area contributed by atoms with Crippen molar-refractivity contribution in [1.82, 2.24) is 19.9 Å². The Balaban J connectivity index is 1.52. The normalized spacial score (nSPS) is 16.1. The van der Waals surface area contributed by atoms with E-state index in [4.69, 9.17) is 28.2 Å². The van der Waals surface area contributed by atoms with Crippen molar-refractivity contribution >= 4 is 40.2 Å². The van der Waals surface area contributed by atoms with Gasteiger partial charge in [0.25, 0.3) is 0 Å². The van der Waals surface area contributed by atoms with Gasteiger partial charge in [-0.3, -0.25) is 0 Å². The number of piperidine rings is 1. The molecule has 1 saturated heterocycles. The van der Waals surface area contributed by atoms with Crippen molar-refractivity contribution in [3.05, 3.63) is 70.1 Å². The zero-order chi connectivity index (χ0) is 23.7. The first-order chi connectivity index (χ1) is 16.5. The van der Waals surface area contributed by atoms with Crippen LogP contribution in [-0.4, -0.2) is 32.7 Å². The fourth-order valence-electron chi connectivity index (χ4n) is 4.44. The van der Waals surface area contributed by atoms with E-state index in [1.807, 2.05) is 24.3 Å². The molecule has 0 saturated carbocycles. The van der Waals surface area contributed by atoms with Gasteiger partial charge in [0.05, 0.1) is 15.7 Å². The Morgan fingerprint density at radius 3 is 2.74 bits per heavy atom. The number of aromatic nitrogens is 3. The summed E-state index contributed by atoms with van der Waals surface area (Å²) in [5, 5.41) is 18.1. The van der Waals surface area contributed by atoms with Crippen molar-refractivity contribution in [3.63, 3.8) is 0 Å². The lowest BCUT2D eigenvalue weighted by atomic mass is 9.99. The number of hydrogen-bond donors (Lipinski definition) is 3. The largest absolute Gasteiger partial charge is 0.505 e. The van der Waals surface area contributed by atoms with Crippen molar-refractivity contribution in [3.8, 4) is 17.0 Å². The van der Waals surface area contributed by atoms with Gasteiger partial charge in [-0.05, 0) is 67.7 Å². The lowest BCUT2D eigenvalue weighted by Crippen LogP contribution is -2.32. The Labute approximate surface area is 206 Å². The maximum atomic E-state index is 13.7. The minimum Gasteiger partial charge on any atom is -0.505 e. The molecule has 0 radical (unpaired) electrons. The van der Waals surface area contributed by atoms with Gasteiger partial charge in [0.2, 0.25) is 5.95 Å². The first-order valence-electron chi connectivity index (χ1n) is 11.2. The van der Waals surface area contributed by atoms with Crippen LogP contribution in [0.2, 0.25) is 10.0 Å². The average molecular weight is 500 g/mol. The molecule has 9 heteroatoms. The Morgan fingerprint density at radius 1 is 1.18 bits per heavy atom. The van der Waals surface area contributed by atoms with Gasteiger partial charge < -0.3 is 20.3 Å². The summed E-state index contributed by atoms with van der Waals surface area (Å²) in [6.07, 6.45) is 4.04. The topological polar surface area (TPSA) is 75.0 Å². The Kier molecular flexibility index (Phi) is 6.59. The molecular formula is C25H24Cl2FN5O. The van der Waals surface area contributed by atoms with Crippen LogP contribution in [0.15, 0.2) is 48.7 Å². The van der Waals surface area contributed by atoms with Crippen LogP contribution in [0, 0.1) is 11.7 Å². The van der Waals surface area contributed by atoms with Crippen molar-refractivity contribution in [1.29, 1.82) is 0 Å². The number of hydrogen-bond acceptors (Lipinski definition) is 5. The molecule has 5 rings (SSSR count). The molecular weight excluding hydrogens is 476 g/mol. The van der Waals surface area contributed by atoms with E-state index in [2.05, 4.69) is 20.2 Å². The van der Waals surface area contributed by atoms with E-state index in [1.54, 1.807) is 12.3 Å². The number of benzene rings is 2. The van der Waals surface area contributed by atoms with Crippen molar-refractivity contribution in [2.45, 2.75) is 25.9 Å². The number of halogens is 3. The van der Waals surface area contributed by atoms with Crippen LogP contribution in [0.25, 0.3) is 22.3 Å². The highest BCUT2D eigenvalue weighted by molar-refractivity contribution is 6.39. The number of anilines is 1. The summed E-state index contributed by atoms with van der Waals surface area (Å²) in [6.45, 7) is 3.07. The maximum absolute atomic E-state index is 13.7. The first kappa shape index (κ1) is 22.9. The van der Waals surface area contributed by atoms with Gasteiger partial charge in [0.1, 0.15) is 5.65 Å². The van der Waals surface area contributed by atoms with E-state index in [-0.39, 0.29) is 5.75 Å². The van der Waals surface area contributed by atoms with Crippen LogP contribution in [0.1, 0.15) is 18.4 Å². The van der Waals surface area contributed by atoms with Crippen LogP contribution in [0.5, 0.6) is 5.75 Å². The predicted molar refractivity (Wildman–Crippen MR) is 134 cm³/mol. The Bertz CT molecular complexity index is 1320. The molecule has 0 bridgehead atoms. The van der Waals surface area contributed by atoms with Gasteiger partial charge in [0, 0.05) is 30.2 Å². The summed E-state index contributed by atoms with van der Waals surface area (Å²) in [7, 11) is 0. The minimum atomic E-state index is -0.660. The summed E-state index contributed by atoms with van der Waals surface area (Å²) in [5.74, 6) is -0.149. The fourth-order valence-corrected chi connectivity index (χ4v) is 5.03. The van der Waals surface area contributed by atoms with Crippen molar-refractivity contribution < 1.29 is 9.50 Å². The van der Waals surface area contributed by atoms with Crippen LogP contribution in [0.3, 0.4) is 0 Å². The molecule has 34 heavy (non-hydrogen) atoms. The zero-order valence-electron chi connectivity index (χ0n) is 18.4. The van der Waals surface area contributed by atoms with Gasteiger partial charge in [-0.15, -0.1) is 0 Å². The monoisotopic (exact) mass is 499 g/mol. The second-order valence-corrected chi connectivity index (χ2v) is 9.38. The number of nitrogens with zero attached hydrogens (tertiary/aromatic N) is 3. The third-order valence-corrected chi connectivity index (χ3v) is 6.79. The second kappa shape index (κ2) is 9.78. The zero-order valence-corrected chi connectivity index (χ0v) is 19.9. The summed E-state index contributed by atoms with van der Waals surface area (Å²) in [4.78, 5) is 9.24. The molecule has 1 aliphatic heterocycles. The molecule has 1 atom stereocenters. The van der Waals surface area contributed by atoms with Crippen LogP contribution < -0.4 is 10.6 Å². The minimum absolute atomic E-state index is 0.319. The highest BCUT2D eigenvalue weighted by atomic mass is 35.5. The molecule has 6 nitrogen and oxygen atoms in total. The van der Waals surface area contributed by atoms with Gasteiger partial charge in [-0.2, -0.15) is 4.98 Å². The number of nitrogens with one attached hydrogen (secondary N) is 2. The van der Waals surface area contributed by atoms with E-state index in [9.17, 15) is 9.50 Å². The van der Waals surface area contributed by atoms with E-state index in [1.165, 1.54) is 12.1 Å². The molecule has 3 heterocycles. The predicted octanol–water partition coefficient (Wildman–Crippen LogP) is 5.86. The lowest BCUT2D eigenvalue weighted by Gasteiger charge is -2.24. The molecule has 0 amide bonds. The number of phenols is 1. The van der Waals surface area contributed by atoms with Gasteiger partial charge in [-0.1, -0.05) is 35.3 Å². The van der Waals surface area contributed by atoms with E-state index >= 15 is 0 Å². The molecule has 3 N–H and O–H groups in total. The van der Waals surface area contributed by atoms with Gasteiger partial charge in [-0.25, -0.2) is 9.37 Å². The molecule has 2 aromatic carbocycles. The molecule has 1 aliphatic rings. The van der Waals surface area contributed by atoms with Gasteiger partial charge in [0.15, 0.2) is 11.6 Å². The molecule has 0 spiro atoms. The Hall–Kier alpha value is -2.87. The third-order valence-electron chi connectivity index (χ3n) is 6.16. The number of phenolic OH excluding ortho intramolecular Hbond substituents is 1. The highest BCUT2D eigenvalue weighted by Gasteiger charge is 2.21. The fraction of sp³-hybridized carbons (Fsp3) is 0.280. The van der Waals surface area contributed by atoms with Gasteiger partial charge >= 0.3 is 0 Å². The van der Waals surface area contributed by atoms with Crippen molar-refractivity contribution in [2.75, 3.05) is 18.4 Å². The third kappa shape index (κ3) is 4.69. The molecule has 0 aliphatic carbocycles. The molecule has 176 valence electrons. The van der Waals surface area contributed by atoms with Crippen LogP contribution in [0.4, 0.5) is 10.3 Å². The van der Waals surface area contributed by atoms with Crippen molar-refractivity contribution in [2.24, 2.45) is 5.92 Å². The molecule has 4 aromatic rings. The summed E-state index contributed by atoms with van der Waals surface area (Å²) in [5.41, 5.74) is 3.14. The summed E-state index contributed by atoms with van der Waals surface area (Å²) >= 11 is 13.1. The lowest BCUT2D eigenvalue weighted by molar-refractivity contribution is 0.341. The standard InChI is InChI=1S/C25H24Cl2FN5O/c26-18-4-1-5-19(27)23(18)21-10-17-13-31-25(30-12-15-6-7-22(34)20(28)9-15)32-24(17)33(21)14-16-3-2-8-29-11-16/h1,4-7,9-10,13,16,29,34H,2-3,8,11-12,14H2,(H,30,31,32). The quantitative estimate of drug-likeness (QED) is 0.309. The molecule has 1 fully saturated rings. The second-order valence-electron chi connectivity index (χ2n) is 8.56. The average Bonchev–Trinajstić information content (AvgIpc) is 3.17. The molecule has 2 aromatic heterocycles. The summed E-state index contributed by atoms with van der Waals surface area (Å²) < 4.78 is 15.9. The Morgan fingerprint density at radius 2 is 2.00 bits per heavy atom. The van der Waals surface area contributed by atoms with E-state index in [0.717, 1.165) is 54.8 Å². The summed E-state index contributed by atoms with van der Waals surface area (Å²) in [6, 6.07) is 11.8. The van der Waals surface area contributed by atoms with E-state index < -0.39 is 5.82 Å².